The first-order valence-electron chi connectivity index (χ1n) is 9.23. The molecule has 5 heteroatoms. The predicted octanol–water partition coefficient (Wildman–Crippen LogP) is 3.96. The second-order valence-corrected chi connectivity index (χ2v) is 6.69. The molecule has 0 aliphatic rings. The summed E-state index contributed by atoms with van der Waals surface area (Å²) in [7, 11) is 3.14. The summed E-state index contributed by atoms with van der Waals surface area (Å²) in [4.78, 5) is 12.0. The Morgan fingerprint density at radius 2 is 1.56 bits per heavy atom. The van der Waals surface area contributed by atoms with E-state index in [1.165, 1.54) is 11.1 Å². The third kappa shape index (κ3) is 6.85. The Balaban J connectivity index is 1.70. The first-order valence-corrected chi connectivity index (χ1v) is 9.23. The van der Waals surface area contributed by atoms with E-state index in [2.05, 4.69) is 43.4 Å². The van der Waals surface area contributed by atoms with Crippen molar-refractivity contribution in [2.45, 2.75) is 32.6 Å². The highest BCUT2D eigenvalue weighted by molar-refractivity contribution is 5.77. The third-order valence-electron chi connectivity index (χ3n) is 4.31. The summed E-state index contributed by atoms with van der Waals surface area (Å²) in [6.45, 7) is 4.96. The largest absolute Gasteiger partial charge is 0.496 e. The topological polar surface area (TPSA) is 56.8 Å². The summed E-state index contributed by atoms with van der Waals surface area (Å²) >= 11 is 0. The summed E-state index contributed by atoms with van der Waals surface area (Å²) in [5, 5.41) is 2.88. The van der Waals surface area contributed by atoms with Crippen LogP contribution in [0, 0.1) is 0 Å². The van der Waals surface area contributed by atoms with E-state index in [4.69, 9.17) is 14.2 Å². The highest BCUT2D eigenvalue weighted by atomic mass is 16.5. The van der Waals surface area contributed by atoms with E-state index in [-0.39, 0.29) is 12.5 Å². The van der Waals surface area contributed by atoms with Crippen LogP contribution in [0.15, 0.2) is 42.5 Å². The Hall–Kier alpha value is -2.69. The number of aryl methyl sites for hydroxylation is 1. The van der Waals surface area contributed by atoms with Gasteiger partial charge in [0.2, 0.25) is 0 Å². The van der Waals surface area contributed by atoms with Crippen molar-refractivity contribution in [1.82, 2.24) is 5.32 Å². The molecule has 0 fully saturated rings. The zero-order valence-corrected chi connectivity index (χ0v) is 16.6. The molecule has 0 aromatic heterocycles. The molecule has 0 bridgehead atoms. The van der Waals surface area contributed by atoms with Gasteiger partial charge in [-0.2, -0.15) is 0 Å². The number of methoxy groups -OCH3 is 2. The molecule has 0 heterocycles. The molecule has 0 aliphatic heterocycles. The van der Waals surface area contributed by atoms with Crippen LogP contribution in [0.5, 0.6) is 17.2 Å². The second kappa shape index (κ2) is 10.5. The van der Waals surface area contributed by atoms with E-state index < -0.39 is 0 Å². The van der Waals surface area contributed by atoms with Crippen molar-refractivity contribution in [1.29, 1.82) is 0 Å². The average molecular weight is 371 g/mol. The number of carbonyl (C=O) groups is 1. The smallest absolute Gasteiger partial charge is 0.257 e. The van der Waals surface area contributed by atoms with Crippen LogP contribution in [0.25, 0.3) is 0 Å². The Bertz CT molecular complexity index is 703. The number of amides is 1. The molecule has 0 saturated heterocycles. The highest BCUT2D eigenvalue weighted by Gasteiger charge is 2.06. The molecule has 1 amide bonds. The van der Waals surface area contributed by atoms with Crippen LogP contribution in [0.3, 0.4) is 0 Å². The number of hydrogen-bond acceptors (Lipinski definition) is 4. The molecule has 0 radical (unpaired) electrons. The molecule has 2 aromatic carbocycles. The van der Waals surface area contributed by atoms with Crippen LogP contribution in [0.2, 0.25) is 0 Å². The number of benzene rings is 2. The fraction of sp³-hybridized carbons (Fsp3) is 0.409. The lowest BCUT2D eigenvalue weighted by Crippen LogP contribution is -2.29. The summed E-state index contributed by atoms with van der Waals surface area (Å²) in [6.07, 6.45) is 1.83. The lowest BCUT2D eigenvalue weighted by molar-refractivity contribution is -0.123. The van der Waals surface area contributed by atoms with Gasteiger partial charge in [-0.05, 0) is 29.9 Å². The van der Waals surface area contributed by atoms with Gasteiger partial charge >= 0.3 is 0 Å². The third-order valence-corrected chi connectivity index (χ3v) is 4.31. The van der Waals surface area contributed by atoms with E-state index in [0.29, 0.717) is 29.7 Å². The summed E-state index contributed by atoms with van der Waals surface area (Å²) in [5.41, 5.74) is 2.63. The zero-order valence-electron chi connectivity index (χ0n) is 16.6. The zero-order chi connectivity index (χ0) is 19.6. The molecular formula is C22H29NO4. The van der Waals surface area contributed by atoms with Gasteiger partial charge in [0.25, 0.3) is 5.91 Å². The number of ether oxygens (including phenoxy) is 3. The average Bonchev–Trinajstić information content (AvgIpc) is 2.69. The Labute approximate surface area is 161 Å². The van der Waals surface area contributed by atoms with Gasteiger partial charge in [-0.15, -0.1) is 0 Å². The van der Waals surface area contributed by atoms with Gasteiger partial charge in [0.1, 0.15) is 17.2 Å². The van der Waals surface area contributed by atoms with Crippen LogP contribution in [-0.2, 0) is 11.2 Å². The fourth-order valence-corrected chi connectivity index (χ4v) is 2.65. The molecule has 0 spiro atoms. The van der Waals surface area contributed by atoms with Crippen molar-refractivity contribution >= 4 is 5.91 Å². The molecule has 0 unspecified atom stereocenters. The maximum absolute atomic E-state index is 12.0. The van der Waals surface area contributed by atoms with E-state index in [0.717, 1.165) is 12.8 Å². The Morgan fingerprint density at radius 1 is 0.963 bits per heavy atom. The molecule has 5 nitrogen and oxygen atoms in total. The Kier molecular flexibility index (Phi) is 7.99. The quantitative estimate of drug-likeness (QED) is 0.643. The van der Waals surface area contributed by atoms with E-state index in [9.17, 15) is 4.79 Å². The van der Waals surface area contributed by atoms with E-state index in [1.807, 2.05) is 0 Å². The standard InChI is InChI=1S/C22H29NO4/c1-16(2)18-9-7-17(8-10-18)6-5-11-23-22(24)15-27-21-13-19(25-3)12-20(14-21)26-4/h7-10,12-14,16H,5-6,11,15H2,1-4H3,(H,23,24). The number of nitrogens with one attached hydrogen (secondary N) is 1. The van der Waals surface area contributed by atoms with Crippen LogP contribution < -0.4 is 19.5 Å². The predicted molar refractivity (Wildman–Crippen MR) is 107 cm³/mol. The monoisotopic (exact) mass is 371 g/mol. The first-order chi connectivity index (χ1) is 13.0. The van der Waals surface area contributed by atoms with Gasteiger partial charge in [0.15, 0.2) is 6.61 Å². The van der Waals surface area contributed by atoms with Gasteiger partial charge in [0.05, 0.1) is 14.2 Å². The molecule has 0 atom stereocenters. The number of carbonyl (C=O) groups excluding carboxylic acids is 1. The fourth-order valence-electron chi connectivity index (χ4n) is 2.65. The van der Waals surface area contributed by atoms with Crippen molar-refractivity contribution in [3.8, 4) is 17.2 Å². The van der Waals surface area contributed by atoms with Crippen LogP contribution >= 0.6 is 0 Å². The van der Waals surface area contributed by atoms with E-state index in [1.54, 1.807) is 32.4 Å². The lowest BCUT2D eigenvalue weighted by atomic mass is 10.0. The normalized spacial score (nSPS) is 10.6. The van der Waals surface area contributed by atoms with Crippen molar-refractivity contribution in [3.05, 3.63) is 53.6 Å². The summed E-state index contributed by atoms with van der Waals surface area (Å²) in [6, 6.07) is 13.9. The van der Waals surface area contributed by atoms with Gasteiger partial charge in [0, 0.05) is 24.7 Å². The Morgan fingerprint density at radius 3 is 2.11 bits per heavy atom. The van der Waals surface area contributed by atoms with Gasteiger partial charge in [-0.1, -0.05) is 38.1 Å². The minimum Gasteiger partial charge on any atom is -0.496 e. The van der Waals surface area contributed by atoms with Gasteiger partial charge in [-0.25, -0.2) is 0 Å². The summed E-state index contributed by atoms with van der Waals surface area (Å²) < 4.78 is 15.9. The van der Waals surface area contributed by atoms with Crippen LogP contribution in [-0.4, -0.2) is 33.3 Å². The molecule has 0 saturated carbocycles. The number of hydrogen-bond donors (Lipinski definition) is 1. The minimum absolute atomic E-state index is 0.0423. The molecule has 146 valence electrons. The molecular weight excluding hydrogens is 342 g/mol. The first kappa shape index (κ1) is 20.6. The van der Waals surface area contributed by atoms with Crippen LogP contribution in [0.1, 0.15) is 37.3 Å². The number of rotatable bonds is 10. The lowest BCUT2D eigenvalue weighted by Gasteiger charge is -2.11. The van der Waals surface area contributed by atoms with Gasteiger partial charge < -0.3 is 19.5 Å². The minimum atomic E-state index is -0.146. The molecule has 0 aliphatic carbocycles. The molecule has 1 N–H and O–H groups in total. The SMILES string of the molecule is COc1cc(OC)cc(OCC(=O)NCCCc2ccc(C(C)C)cc2)c1. The van der Waals surface area contributed by atoms with Crippen molar-refractivity contribution in [3.63, 3.8) is 0 Å². The maximum Gasteiger partial charge on any atom is 0.257 e. The van der Waals surface area contributed by atoms with Crippen molar-refractivity contribution in [2.75, 3.05) is 27.4 Å². The molecule has 27 heavy (non-hydrogen) atoms. The second-order valence-electron chi connectivity index (χ2n) is 6.69. The molecule has 2 aromatic rings. The van der Waals surface area contributed by atoms with Crippen LogP contribution in [0.4, 0.5) is 0 Å². The van der Waals surface area contributed by atoms with Crippen molar-refractivity contribution in [2.24, 2.45) is 0 Å². The highest BCUT2D eigenvalue weighted by Crippen LogP contribution is 2.27. The molecule has 2 rings (SSSR count). The maximum atomic E-state index is 12.0. The van der Waals surface area contributed by atoms with Gasteiger partial charge in [-0.3, -0.25) is 4.79 Å². The van der Waals surface area contributed by atoms with Crippen molar-refractivity contribution < 1.29 is 19.0 Å². The van der Waals surface area contributed by atoms with E-state index >= 15 is 0 Å². The summed E-state index contributed by atoms with van der Waals surface area (Å²) in [5.74, 6) is 2.17.